The number of aliphatic hydroxyl groups is 1. The largest absolute Gasteiger partial charge is 0.444 e. The Labute approximate surface area is 141 Å². The van der Waals surface area contributed by atoms with Crippen molar-refractivity contribution in [3.8, 4) is 0 Å². The van der Waals surface area contributed by atoms with Crippen LogP contribution in [0.25, 0.3) is 0 Å². The second-order valence-corrected chi connectivity index (χ2v) is 7.34. The molecule has 0 aliphatic carbocycles. The van der Waals surface area contributed by atoms with Gasteiger partial charge in [-0.1, -0.05) is 23.7 Å². The third-order valence-corrected chi connectivity index (χ3v) is 4.30. The molecule has 1 aliphatic heterocycles. The van der Waals surface area contributed by atoms with Gasteiger partial charge in [-0.15, -0.1) is 0 Å². The molecule has 0 spiro atoms. The van der Waals surface area contributed by atoms with E-state index in [2.05, 4.69) is 0 Å². The van der Waals surface area contributed by atoms with E-state index in [9.17, 15) is 14.3 Å². The summed E-state index contributed by atoms with van der Waals surface area (Å²) in [4.78, 5) is 13.6. The highest BCUT2D eigenvalue weighted by molar-refractivity contribution is 6.31. The molecule has 2 atom stereocenters. The van der Waals surface area contributed by atoms with Gasteiger partial charge in [-0.2, -0.15) is 0 Å². The quantitative estimate of drug-likeness (QED) is 0.911. The number of hydrogen-bond acceptors (Lipinski definition) is 3. The lowest BCUT2D eigenvalue weighted by Crippen LogP contribution is -2.36. The number of ether oxygens (including phenoxy) is 1. The van der Waals surface area contributed by atoms with Crippen molar-refractivity contribution in [2.45, 2.75) is 45.3 Å². The molecule has 6 heteroatoms. The van der Waals surface area contributed by atoms with Gasteiger partial charge in [0.15, 0.2) is 0 Å². The number of carbonyl (C=O) groups is 1. The molecule has 1 saturated heterocycles. The van der Waals surface area contributed by atoms with Crippen LogP contribution >= 0.6 is 11.6 Å². The van der Waals surface area contributed by atoms with Crippen molar-refractivity contribution in [1.82, 2.24) is 4.90 Å². The number of hydrogen-bond donors (Lipinski definition) is 1. The van der Waals surface area contributed by atoms with Crippen LogP contribution in [0, 0.1) is 11.7 Å². The monoisotopic (exact) mass is 343 g/mol. The average Bonchev–Trinajstić information content (AvgIpc) is 2.92. The lowest BCUT2D eigenvalue weighted by molar-refractivity contribution is 0.0269. The number of benzene rings is 1. The number of nitrogens with zero attached hydrogens (tertiary/aromatic N) is 1. The number of rotatable bonds is 3. The second-order valence-electron chi connectivity index (χ2n) is 6.96. The molecular formula is C17H23ClFNO3. The minimum Gasteiger partial charge on any atom is -0.444 e. The standard InChI is InChI=1S/C17H23ClFNO3/c1-17(2,3)23-16(22)20-8-7-12(10-20)14(21)9-11-5-4-6-13(19)15(11)18/h4-6,12,14,21H,7-10H2,1-3H3. The first-order valence-corrected chi connectivity index (χ1v) is 8.14. The van der Waals surface area contributed by atoms with Crippen molar-refractivity contribution in [3.05, 3.63) is 34.6 Å². The SMILES string of the molecule is CC(C)(C)OC(=O)N1CCC(C(O)Cc2cccc(F)c2Cl)C1. The van der Waals surface area contributed by atoms with Gasteiger partial charge < -0.3 is 14.7 Å². The summed E-state index contributed by atoms with van der Waals surface area (Å²) in [6, 6.07) is 4.57. The molecule has 1 heterocycles. The molecule has 4 nitrogen and oxygen atoms in total. The normalized spacial score (nSPS) is 19.7. The summed E-state index contributed by atoms with van der Waals surface area (Å²) in [5.41, 5.74) is 0.0398. The lowest BCUT2D eigenvalue weighted by atomic mass is 9.95. The van der Waals surface area contributed by atoms with Gasteiger partial charge in [-0.25, -0.2) is 9.18 Å². The molecule has 2 rings (SSSR count). The zero-order valence-corrected chi connectivity index (χ0v) is 14.4. The molecule has 0 bridgehead atoms. The van der Waals surface area contributed by atoms with Crippen molar-refractivity contribution in [1.29, 1.82) is 0 Å². The van der Waals surface area contributed by atoms with Crippen molar-refractivity contribution in [2.24, 2.45) is 5.92 Å². The van der Waals surface area contributed by atoms with Crippen LogP contribution in [-0.4, -0.2) is 40.9 Å². The van der Waals surface area contributed by atoms with Crippen molar-refractivity contribution < 1.29 is 19.0 Å². The Morgan fingerprint density at radius 1 is 1.52 bits per heavy atom. The van der Waals surface area contributed by atoms with E-state index in [4.69, 9.17) is 16.3 Å². The summed E-state index contributed by atoms with van der Waals surface area (Å²) < 4.78 is 18.8. The molecule has 1 aliphatic rings. The fourth-order valence-corrected chi connectivity index (χ4v) is 2.89. The Morgan fingerprint density at radius 2 is 2.22 bits per heavy atom. The molecule has 1 aromatic carbocycles. The first-order chi connectivity index (χ1) is 10.7. The highest BCUT2D eigenvalue weighted by atomic mass is 35.5. The average molecular weight is 344 g/mol. The van der Waals surface area contributed by atoms with E-state index in [1.54, 1.807) is 17.0 Å². The number of likely N-dealkylation sites (tertiary alicyclic amines) is 1. The molecule has 1 N–H and O–H groups in total. The zero-order chi connectivity index (χ0) is 17.2. The van der Waals surface area contributed by atoms with Gasteiger partial charge in [0.1, 0.15) is 11.4 Å². The fourth-order valence-electron chi connectivity index (χ4n) is 2.69. The predicted molar refractivity (Wildman–Crippen MR) is 87.0 cm³/mol. The Morgan fingerprint density at radius 3 is 2.87 bits per heavy atom. The van der Waals surface area contributed by atoms with Crippen LogP contribution in [0.3, 0.4) is 0 Å². The Bertz CT molecular complexity index is 573. The highest BCUT2D eigenvalue weighted by Gasteiger charge is 2.33. The molecule has 1 fully saturated rings. The molecule has 0 saturated carbocycles. The first kappa shape index (κ1) is 18.0. The van der Waals surface area contributed by atoms with Crippen LogP contribution in [0.15, 0.2) is 18.2 Å². The molecule has 1 amide bonds. The van der Waals surface area contributed by atoms with Gasteiger partial charge in [0.25, 0.3) is 0 Å². The van der Waals surface area contributed by atoms with Crippen molar-refractivity contribution in [3.63, 3.8) is 0 Å². The number of carbonyl (C=O) groups excluding carboxylic acids is 1. The highest BCUT2D eigenvalue weighted by Crippen LogP contribution is 2.27. The van der Waals surface area contributed by atoms with E-state index in [0.717, 1.165) is 0 Å². The Balaban J connectivity index is 1.93. The summed E-state index contributed by atoms with van der Waals surface area (Å²) in [7, 11) is 0. The van der Waals surface area contributed by atoms with E-state index in [0.29, 0.717) is 25.1 Å². The van der Waals surface area contributed by atoms with Crippen molar-refractivity contribution in [2.75, 3.05) is 13.1 Å². The summed E-state index contributed by atoms with van der Waals surface area (Å²) in [5, 5.41) is 10.4. The summed E-state index contributed by atoms with van der Waals surface area (Å²) in [5.74, 6) is -0.556. The van der Waals surface area contributed by atoms with Gasteiger partial charge in [-0.05, 0) is 38.8 Å². The number of aliphatic hydroxyl groups excluding tert-OH is 1. The van der Waals surface area contributed by atoms with Crippen molar-refractivity contribution >= 4 is 17.7 Å². The molecule has 23 heavy (non-hydrogen) atoms. The molecule has 1 aromatic rings. The topological polar surface area (TPSA) is 49.8 Å². The molecule has 128 valence electrons. The second kappa shape index (κ2) is 7.05. The van der Waals surface area contributed by atoms with E-state index in [1.807, 2.05) is 20.8 Å². The van der Waals surface area contributed by atoms with E-state index >= 15 is 0 Å². The summed E-state index contributed by atoms with van der Waals surface area (Å²) in [6.45, 7) is 6.44. The zero-order valence-electron chi connectivity index (χ0n) is 13.7. The molecular weight excluding hydrogens is 321 g/mol. The minimum atomic E-state index is -0.679. The van der Waals surface area contributed by atoms with Gasteiger partial charge in [0.2, 0.25) is 0 Å². The van der Waals surface area contributed by atoms with Crippen LogP contribution < -0.4 is 0 Å². The van der Waals surface area contributed by atoms with E-state index < -0.39 is 17.5 Å². The molecule has 0 radical (unpaired) electrons. The van der Waals surface area contributed by atoms with Gasteiger partial charge >= 0.3 is 6.09 Å². The third-order valence-electron chi connectivity index (χ3n) is 3.88. The smallest absolute Gasteiger partial charge is 0.410 e. The van der Waals surface area contributed by atoms with Gasteiger partial charge in [0, 0.05) is 25.4 Å². The molecule has 0 aromatic heterocycles. The predicted octanol–water partition coefficient (Wildman–Crippen LogP) is 3.64. The lowest BCUT2D eigenvalue weighted by Gasteiger charge is -2.25. The number of halogens is 2. The maximum absolute atomic E-state index is 13.4. The van der Waals surface area contributed by atoms with Crippen LogP contribution in [0.2, 0.25) is 5.02 Å². The van der Waals surface area contributed by atoms with Gasteiger partial charge in [-0.3, -0.25) is 0 Å². The Hall–Kier alpha value is -1.33. The Kier molecular flexibility index (Phi) is 5.53. The fraction of sp³-hybridized carbons (Fsp3) is 0.588. The first-order valence-electron chi connectivity index (χ1n) is 7.76. The van der Waals surface area contributed by atoms with E-state index in [-0.39, 0.29) is 23.5 Å². The van der Waals surface area contributed by atoms with Crippen LogP contribution in [0.1, 0.15) is 32.8 Å². The maximum atomic E-state index is 13.4. The summed E-state index contributed by atoms with van der Waals surface area (Å²) in [6.07, 6.45) is -0.0887. The maximum Gasteiger partial charge on any atom is 0.410 e. The van der Waals surface area contributed by atoms with E-state index in [1.165, 1.54) is 6.07 Å². The molecule has 2 unspecified atom stereocenters. The van der Waals surface area contributed by atoms with Gasteiger partial charge in [0.05, 0.1) is 11.1 Å². The number of amides is 1. The van der Waals surface area contributed by atoms with Crippen LogP contribution in [-0.2, 0) is 11.2 Å². The minimum absolute atomic E-state index is 0.0496. The van der Waals surface area contributed by atoms with Crippen LogP contribution in [0.4, 0.5) is 9.18 Å². The summed E-state index contributed by atoms with van der Waals surface area (Å²) >= 11 is 5.93. The third kappa shape index (κ3) is 4.82. The van der Waals surface area contributed by atoms with Crippen LogP contribution in [0.5, 0.6) is 0 Å².